The summed E-state index contributed by atoms with van der Waals surface area (Å²) in [6, 6.07) is 8.28. The minimum atomic E-state index is 0.888. The van der Waals surface area contributed by atoms with Gasteiger partial charge in [-0.05, 0) is 56.5 Å². The number of hydrogen-bond donors (Lipinski definition) is 2. The molecule has 0 aliphatic carbocycles. The molecule has 4 aromatic rings. The van der Waals surface area contributed by atoms with Gasteiger partial charge in [-0.3, -0.25) is 0 Å². The van der Waals surface area contributed by atoms with E-state index in [4.69, 9.17) is 9.47 Å². The van der Waals surface area contributed by atoms with Crippen molar-refractivity contribution in [2.75, 3.05) is 14.2 Å². The van der Waals surface area contributed by atoms with Crippen LogP contribution in [-0.4, -0.2) is 24.2 Å². The van der Waals surface area contributed by atoms with Crippen LogP contribution >= 0.6 is 0 Å². The predicted octanol–water partition coefficient (Wildman–Crippen LogP) is 6.47. The van der Waals surface area contributed by atoms with Gasteiger partial charge in [-0.15, -0.1) is 0 Å². The highest BCUT2D eigenvalue weighted by Crippen LogP contribution is 2.42. The van der Waals surface area contributed by atoms with Crippen LogP contribution in [0.3, 0.4) is 0 Å². The quantitative estimate of drug-likeness (QED) is 0.388. The van der Waals surface area contributed by atoms with E-state index in [1.807, 2.05) is 12.1 Å². The molecule has 4 rings (SSSR count). The smallest absolute Gasteiger partial charge is 0.122 e. The van der Waals surface area contributed by atoms with Crippen LogP contribution in [0.5, 0.6) is 11.5 Å². The van der Waals surface area contributed by atoms with Gasteiger partial charge in [0.2, 0.25) is 0 Å². The second kappa shape index (κ2) is 7.60. The van der Waals surface area contributed by atoms with E-state index in [1.165, 1.54) is 21.9 Å². The number of hydrogen-bond acceptors (Lipinski definition) is 2. The molecule has 4 nitrogen and oxygen atoms in total. The molecule has 0 atom stereocenters. The lowest BCUT2D eigenvalue weighted by Gasteiger charge is -2.14. The zero-order valence-electron chi connectivity index (χ0n) is 18.7. The Morgan fingerprint density at radius 1 is 0.767 bits per heavy atom. The molecule has 0 aliphatic heterocycles. The summed E-state index contributed by atoms with van der Waals surface area (Å²) < 4.78 is 11.3. The van der Waals surface area contributed by atoms with Crippen molar-refractivity contribution in [1.82, 2.24) is 9.97 Å². The van der Waals surface area contributed by atoms with Crippen LogP contribution in [-0.2, 0) is 12.8 Å². The molecule has 4 heteroatoms. The van der Waals surface area contributed by atoms with E-state index in [2.05, 4.69) is 56.4 Å². The zero-order valence-corrected chi connectivity index (χ0v) is 18.7. The monoisotopic (exact) mass is 402 g/mol. The normalized spacial score (nSPS) is 11.4. The zero-order chi connectivity index (χ0) is 21.6. The fourth-order valence-corrected chi connectivity index (χ4v) is 4.90. The first kappa shape index (κ1) is 20.1. The molecule has 0 spiro atoms. The Hall–Kier alpha value is -3.14. The number of aromatic nitrogens is 2. The fraction of sp³-hybridized carbons (Fsp3) is 0.308. The van der Waals surface area contributed by atoms with Crippen LogP contribution in [0.1, 0.15) is 47.5 Å². The fourth-order valence-electron chi connectivity index (χ4n) is 4.90. The highest BCUT2D eigenvalue weighted by Gasteiger charge is 2.23. The number of fused-ring (bicyclic) bond motifs is 2. The van der Waals surface area contributed by atoms with Gasteiger partial charge >= 0.3 is 0 Å². The molecule has 156 valence electrons. The Morgan fingerprint density at radius 3 is 1.50 bits per heavy atom. The van der Waals surface area contributed by atoms with Crippen molar-refractivity contribution in [3.05, 3.63) is 64.5 Å². The van der Waals surface area contributed by atoms with Crippen molar-refractivity contribution in [2.45, 2.75) is 40.5 Å². The van der Waals surface area contributed by atoms with Crippen molar-refractivity contribution >= 4 is 27.4 Å². The molecule has 0 radical (unpaired) electrons. The van der Waals surface area contributed by atoms with E-state index in [-0.39, 0.29) is 0 Å². The summed E-state index contributed by atoms with van der Waals surface area (Å²) in [6.07, 6.45) is 1.78. The van der Waals surface area contributed by atoms with Gasteiger partial charge in [0.25, 0.3) is 0 Å². The number of aromatic amines is 2. The molecule has 0 unspecified atom stereocenters. The maximum Gasteiger partial charge on any atom is 0.122 e. The molecular formula is C26H30N2O2. The van der Waals surface area contributed by atoms with Gasteiger partial charge in [0.1, 0.15) is 11.5 Å². The third kappa shape index (κ3) is 2.82. The van der Waals surface area contributed by atoms with Crippen molar-refractivity contribution < 1.29 is 9.47 Å². The van der Waals surface area contributed by atoms with Gasteiger partial charge in [0, 0.05) is 55.4 Å². The lowest BCUT2D eigenvalue weighted by molar-refractivity contribution is 0.411. The van der Waals surface area contributed by atoms with Crippen LogP contribution < -0.4 is 9.47 Å². The summed E-state index contributed by atoms with van der Waals surface area (Å²) in [5.74, 6) is 1.84. The van der Waals surface area contributed by atoms with Gasteiger partial charge in [-0.1, -0.05) is 20.4 Å². The molecule has 0 bridgehead atoms. The topological polar surface area (TPSA) is 50.0 Å². The molecule has 0 fully saturated rings. The largest absolute Gasteiger partial charge is 0.496 e. The van der Waals surface area contributed by atoms with Gasteiger partial charge in [-0.2, -0.15) is 0 Å². The second-order valence-corrected chi connectivity index (χ2v) is 7.77. The number of benzene rings is 2. The molecule has 2 aromatic heterocycles. The Morgan fingerprint density at radius 2 is 1.17 bits per heavy atom. The van der Waals surface area contributed by atoms with Crippen molar-refractivity contribution in [1.29, 1.82) is 0 Å². The molecule has 2 N–H and O–H groups in total. The van der Waals surface area contributed by atoms with Crippen molar-refractivity contribution in [3.8, 4) is 11.5 Å². The molecule has 2 aromatic carbocycles. The molecule has 30 heavy (non-hydrogen) atoms. The average Bonchev–Trinajstić information content (AvgIpc) is 3.26. The lowest BCUT2D eigenvalue weighted by atomic mass is 9.90. The molecule has 2 heterocycles. The Balaban J connectivity index is 2.06. The Bertz CT molecular complexity index is 1180. The second-order valence-electron chi connectivity index (χ2n) is 7.77. The number of ether oxygens (including phenoxy) is 2. The highest BCUT2D eigenvalue weighted by atomic mass is 16.5. The van der Waals surface area contributed by atoms with Gasteiger partial charge < -0.3 is 19.4 Å². The molecule has 0 saturated heterocycles. The SMILES string of the molecule is C=C(c1c(C)[nH]c2ccc(OC)c(CC)c12)c1c(C)[nH]c2ccc(OC)c(CC)c12. The summed E-state index contributed by atoms with van der Waals surface area (Å²) in [5.41, 5.74) is 10.2. The van der Waals surface area contributed by atoms with Crippen LogP contribution in [0.4, 0.5) is 0 Å². The minimum Gasteiger partial charge on any atom is -0.496 e. The van der Waals surface area contributed by atoms with Crippen molar-refractivity contribution in [3.63, 3.8) is 0 Å². The first-order chi connectivity index (χ1) is 14.5. The first-order valence-electron chi connectivity index (χ1n) is 10.5. The number of H-pyrrole nitrogens is 2. The molecule has 0 saturated carbocycles. The van der Waals surface area contributed by atoms with E-state index < -0.39 is 0 Å². The van der Waals surface area contributed by atoms with Crippen LogP contribution in [0.2, 0.25) is 0 Å². The van der Waals surface area contributed by atoms with Gasteiger partial charge in [0.15, 0.2) is 0 Å². The van der Waals surface area contributed by atoms with Crippen LogP contribution in [0.25, 0.3) is 27.4 Å². The first-order valence-corrected chi connectivity index (χ1v) is 10.5. The minimum absolute atomic E-state index is 0.888. The van der Waals surface area contributed by atoms with E-state index >= 15 is 0 Å². The van der Waals surface area contributed by atoms with E-state index in [1.54, 1.807) is 14.2 Å². The molecule has 0 amide bonds. The maximum absolute atomic E-state index is 5.67. The Labute approximate surface area is 177 Å². The summed E-state index contributed by atoms with van der Waals surface area (Å²) in [7, 11) is 3.47. The number of aryl methyl sites for hydroxylation is 4. The van der Waals surface area contributed by atoms with E-state index in [0.29, 0.717) is 0 Å². The van der Waals surface area contributed by atoms with Gasteiger partial charge in [0.05, 0.1) is 14.2 Å². The summed E-state index contributed by atoms with van der Waals surface area (Å²) in [5, 5.41) is 2.41. The van der Waals surface area contributed by atoms with E-state index in [9.17, 15) is 0 Å². The number of rotatable bonds is 6. The maximum atomic E-state index is 5.67. The van der Waals surface area contributed by atoms with Gasteiger partial charge in [-0.25, -0.2) is 0 Å². The van der Waals surface area contributed by atoms with Crippen LogP contribution in [0.15, 0.2) is 30.8 Å². The molecular weight excluding hydrogens is 372 g/mol. The number of methoxy groups -OCH3 is 2. The van der Waals surface area contributed by atoms with Crippen molar-refractivity contribution in [2.24, 2.45) is 0 Å². The standard InChI is InChI=1S/C26H30N2O2/c1-8-17-21(29-6)12-10-19-25(17)23(15(4)27-19)14(3)24-16(5)28-20-11-13-22(30-7)18(9-2)26(20)24/h10-13,27-28H,3,8-9H2,1-2,4-7H3. The predicted molar refractivity (Wildman–Crippen MR) is 126 cm³/mol. The third-order valence-corrected chi connectivity index (χ3v) is 6.18. The highest BCUT2D eigenvalue weighted by molar-refractivity contribution is 6.07. The van der Waals surface area contributed by atoms with Crippen LogP contribution in [0, 0.1) is 13.8 Å². The average molecular weight is 403 g/mol. The third-order valence-electron chi connectivity index (χ3n) is 6.18. The summed E-state index contributed by atoms with van der Waals surface area (Å²) in [6.45, 7) is 13.2. The Kier molecular flexibility index (Phi) is 5.10. The summed E-state index contributed by atoms with van der Waals surface area (Å²) in [4.78, 5) is 7.13. The summed E-state index contributed by atoms with van der Waals surface area (Å²) >= 11 is 0. The number of nitrogens with one attached hydrogen (secondary N) is 2. The van der Waals surface area contributed by atoms with E-state index in [0.717, 1.165) is 63.5 Å². The lowest BCUT2D eigenvalue weighted by Crippen LogP contribution is -1.96. The molecule has 0 aliphatic rings.